The van der Waals surface area contributed by atoms with Gasteiger partial charge in [-0.05, 0) is 31.9 Å². The Morgan fingerprint density at radius 1 is 1.00 bits per heavy atom. The van der Waals surface area contributed by atoms with Gasteiger partial charge in [0, 0.05) is 45.3 Å². The molecule has 3 rings (SSSR count). The summed E-state index contributed by atoms with van der Waals surface area (Å²) >= 11 is 0. The van der Waals surface area contributed by atoms with Crippen molar-refractivity contribution in [3.63, 3.8) is 0 Å². The fourth-order valence-corrected chi connectivity index (χ4v) is 6.21. The van der Waals surface area contributed by atoms with Crippen LogP contribution in [0.1, 0.15) is 27.7 Å². The van der Waals surface area contributed by atoms with Crippen LogP contribution in [0.5, 0.6) is 11.5 Å². The van der Waals surface area contributed by atoms with Crippen LogP contribution in [0, 0.1) is 5.92 Å². The van der Waals surface area contributed by atoms with E-state index < -0.39 is 10.0 Å². The lowest BCUT2D eigenvalue weighted by molar-refractivity contribution is -0.146. The lowest BCUT2D eigenvalue weighted by atomic mass is 9.98. The maximum absolute atomic E-state index is 13.5. The van der Waals surface area contributed by atoms with Gasteiger partial charge in [-0.25, -0.2) is 8.42 Å². The third-order valence-electron chi connectivity index (χ3n) is 6.27. The molecular formula is C23H37N3O6S. The van der Waals surface area contributed by atoms with Crippen molar-refractivity contribution in [1.82, 2.24) is 14.1 Å². The Balaban J connectivity index is 1.69. The highest BCUT2D eigenvalue weighted by molar-refractivity contribution is 7.89. The van der Waals surface area contributed by atoms with Crippen LogP contribution in [0.2, 0.25) is 0 Å². The van der Waals surface area contributed by atoms with E-state index in [9.17, 15) is 13.2 Å². The van der Waals surface area contributed by atoms with Crippen LogP contribution >= 0.6 is 0 Å². The predicted octanol–water partition coefficient (Wildman–Crippen LogP) is 1.67. The van der Waals surface area contributed by atoms with E-state index in [1.165, 1.54) is 30.7 Å². The zero-order chi connectivity index (χ0) is 24.3. The molecule has 1 aromatic rings. The first-order chi connectivity index (χ1) is 15.6. The van der Waals surface area contributed by atoms with Gasteiger partial charge in [-0.2, -0.15) is 4.31 Å². The molecule has 186 valence electrons. The molecule has 1 amide bonds. The number of amides is 1. The summed E-state index contributed by atoms with van der Waals surface area (Å²) in [7, 11) is -0.731. The molecule has 0 N–H and O–H groups in total. The monoisotopic (exact) mass is 483 g/mol. The summed E-state index contributed by atoms with van der Waals surface area (Å²) < 4.78 is 44.1. The number of carbonyl (C=O) groups is 1. The van der Waals surface area contributed by atoms with Crippen molar-refractivity contribution in [2.45, 2.75) is 50.8 Å². The molecule has 10 heteroatoms. The second kappa shape index (κ2) is 10.6. The molecule has 0 aromatic heterocycles. The molecule has 2 saturated heterocycles. The van der Waals surface area contributed by atoms with Gasteiger partial charge in [0.05, 0.1) is 37.4 Å². The van der Waals surface area contributed by atoms with E-state index in [4.69, 9.17) is 14.2 Å². The largest absolute Gasteiger partial charge is 0.493 e. The second-order valence-electron chi connectivity index (χ2n) is 9.15. The number of sulfonamides is 1. The van der Waals surface area contributed by atoms with Gasteiger partial charge in [0.2, 0.25) is 15.9 Å². The van der Waals surface area contributed by atoms with Gasteiger partial charge in [-0.1, -0.05) is 13.8 Å². The summed E-state index contributed by atoms with van der Waals surface area (Å²) in [6, 6.07) is 4.33. The van der Waals surface area contributed by atoms with Gasteiger partial charge >= 0.3 is 0 Å². The summed E-state index contributed by atoms with van der Waals surface area (Å²) in [5.41, 5.74) is 0. The van der Waals surface area contributed by atoms with Crippen LogP contribution in [0.4, 0.5) is 0 Å². The van der Waals surface area contributed by atoms with Crippen molar-refractivity contribution in [3.05, 3.63) is 18.2 Å². The predicted molar refractivity (Wildman–Crippen MR) is 125 cm³/mol. The van der Waals surface area contributed by atoms with E-state index in [1.807, 2.05) is 13.8 Å². The van der Waals surface area contributed by atoms with E-state index in [1.54, 1.807) is 11.0 Å². The Morgan fingerprint density at radius 2 is 1.58 bits per heavy atom. The molecule has 2 aliphatic heterocycles. The van der Waals surface area contributed by atoms with Crippen molar-refractivity contribution in [1.29, 1.82) is 0 Å². The van der Waals surface area contributed by atoms with Crippen LogP contribution in [0.15, 0.2) is 23.1 Å². The first-order valence-electron chi connectivity index (χ1n) is 11.5. The van der Waals surface area contributed by atoms with Crippen LogP contribution in [0.3, 0.4) is 0 Å². The third-order valence-corrected chi connectivity index (χ3v) is 8.16. The van der Waals surface area contributed by atoms with E-state index in [-0.39, 0.29) is 48.1 Å². The molecule has 0 radical (unpaired) electrons. The molecule has 0 saturated carbocycles. The summed E-state index contributed by atoms with van der Waals surface area (Å²) in [5, 5.41) is 0. The van der Waals surface area contributed by atoms with Crippen LogP contribution < -0.4 is 9.47 Å². The lowest BCUT2D eigenvalue weighted by Gasteiger charge is -2.43. The fourth-order valence-electron chi connectivity index (χ4n) is 4.77. The standard InChI is InChI=1S/C23H37N3O6S/c1-16(2)22(25-14-17(3)32-18(4)15-25)23(27)24-9-11-26(12-10-24)33(28,29)19-7-8-20(30-5)21(13-19)31-6/h7-8,13,16-18,22H,9-12,14-15H2,1-6H3. The zero-order valence-electron chi connectivity index (χ0n) is 20.5. The smallest absolute Gasteiger partial charge is 0.243 e. The molecule has 2 fully saturated rings. The maximum atomic E-state index is 13.5. The number of hydrogen-bond donors (Lipinski definition) is 0. The number of piperazine rings is 1. The van der Waals surface area contributed by atoms with Gasteiger partial charge in [0.15, 0.2) is 11.5 Å². The molecule has 0 spiro atoms. The molecule has 0 aliphatic carbocycles. The number of carbonyl (C=O) groups excluding carboxylic acids is 1. The van der Waals surface area contributed by atoms with Crippen LogP contribution in [0.25, 0.3) is 0 Å². The first kappa shape index (κ1) is 25.7. The van der Waals surface area contributed by atoms with Crippen molar-refractivity contribution in [3.8, 4) is 11.5 Å². The summed E-state index contributed by atoms with van der Waals surface area (Å²) in [6.07, 6.45) is 0.151. The highest BCUT2D eigenvalue weighted by atomic mass is 32.2. The average Bonchev–Trinajstić information content (AvgIpc) is 2.77. The van der Waals surface area contributed by atoms with Crippen molar-refractivity contribution in [2.75, 3.05) is 53.5 Å². The third kappa shape index (κ3) is 5.62. The minimum atomic E-state index is -3.71. The summed E-state index contributed by atoms with van der Waals surface area (Å²) in [4.78, 5) is 17.6. The topological polar surface area (TPSA) is 88.6 Å². The quantitative estimate of drug-likeness (QED) is 0.583. The Kier molecular flexibility index (Phi) is 8.26. The van der Waals surface area contributed by atoms with Gasteiger partial charge in [-0.3, -0.25) is 9.69 Å². The number of methoxy groups -OCH3 is 2. The Labute approximate surface area is 197 Å². The molecular weight excluding hydrogens is 446 g/mol. The highest BCUT2D eigenvalue weighted by Gasteiger charge is 2.38. The van der Waals surface area contributed by atoms with Crippen LogP contribution in [-0.2, 0) is 19.6 Å². The van der Waals surface area contributed by atoms with Gasteiger partial charge in [0.1, 0.15) is 0 Å². The first-order valence-corrected chi connectivity index (χ1v) is 12.9. The number of morpholine rings is 1. The Hall–Kier alpha value is -1.88. The van der Waals surface area contributed by atoms with Crippen molar-refractivity contribution >= 4 is 15.9 Å². The number of hydrogen-bond acceptors (Lipinski definition) is 7. The molecule has 33 heavy (non-hydrogen) atoms. The van der Waals surface area contributed by atoms with Gasteiger partial charge in [-0.15, -0.1) is 0 Å². The second-order valence-corrected chi connectivity index (χ2v) is 11.1. The summed E-state index contributed by atoms with van der Waals surface area (Å²) in [6.45, 7) is 10.8. The molecule has 9 nitrogen and oxygen atoms in total. The van der Waals surface area contributed by atoms with Crippen molar-refractivity contribution in [2.24, 2.45) is 5.92 Å². The summed E-state index contributed by atoms with van der Waals surface area (Å²) in [5.74, 6) is 1.04. The fraction of sp³-hybridized carbons (Fsp3) is 0.696. The lowest BCUT2D eigenvalue weighted by Crippen LogP contribution is -2.60. The van der Waals surface area contributed by atoms with E-state index >= 15 is 0 Å². The molecule has 0 bridgehead atoms. The van der Waals surface area contributed by atoms with Crippen molar-refractivity contribution < 1.29 is 27.4 Å². The molecule has 1 aromatic carbocycles. The molecule has 2 aliphatic rings. The Bertz CT molecular complexity index is 920. The minimum absolute atomic E-state index is 0.0643. The van der Waals surface area contributed by atoms with Crippen LogP contribution in [-0.4, -0.2) is 100 Å². The Morgan fingerprint density at radius 3 is 2.09 bits per heavy atom. The van der Waals surface area contributed by atoms with Gasteiger partial charge in [0.25, 0.3) is 0 Å². The number of rotatable bonds is 7. The van der Waals surface area contributed by atoms with E-state index in [2.05, 4.69) is 18.7 Å². The maximum Gasteiger partial charge on any atom is 0.243 e. The van der Waals surface area contributed by atoms with Gasteiger partial charge < -0.3 is 19.1 Å². The minimum Gasteiger partial charge on any atom is -0.493 e. The molecule has 3 atom stereocenters. The zero-order valence-corrected chi connectivity index (χ0v) is 21.3. The SMILES string of the molecule is COc1ccc(S(=O)(=O)N2CCN(C(=O)C(C(C)C)N3CC(C)OC(C)C3)CC2)cc1OC. The molecule has 3 unspecified atom stereocenters. The number of ether oxygens (including phenoxy) is 3. The van der Waals surface area contributed by atoms with E-state index in [0.29, 0.717) is 37.7 Å². The van der Waals surface area contributed by atoms with E-state index in [0.717, 1.165) is 0 Å². The number of nitrogens with zero attached hydrogens (tertiary/aromatic N) is 3. The number of benzene rings is 1. The molecule has 2 heterocycles. The normalized spacial score (nSPS) is 24.0. The average molecular weight is 484 g/mol. The highest BCUT2D eigenvalue weighted by Crippen LogP contribution is 2.31.